The minimum absolute atomic E-state index is 0.0275. The zero-order valence-corrected chi connectivity index (χ0v) is 13.5. The van der Waals surface area contributed by atoms with E-state index in [0.29, 0.717) is 29.6 Å². The van der Waals surface area contributed by atoms with Crippen molar-refractivity contribution in [3.05, 3.63) is 24.3 Å². The summed E-state index contributed by atoms with van der Waals surface area (Å²) in [5, 5.41) is 2.85. The van der Waals surface area contributed by atoms with E-state index < -0.39 is 10.0 Å². The van der Waals surface area contributed by atoms with Gasteiger partial charge in [-0.2, -0.15) is 0 Å². The van der Waals surface area contributed by atoms with Gasteiger partial charge in [0, 0.05) is 6.42 Å². The van der Waals surface area contributed by atoms with Gasteiger partial charge in [-0.25, -0.2) is 8.42 Å². The summed E-state index contributed by atoms with van der Waals surface area (Å²) in [6.45, 7) is 0. The number of hydrogen-bond donors (Lipinski definition) is 2. The first kappa shape index (κ1) is 15.3. The van der Waals surface area contributed by atoms with Crippen molar-refractivity contribution in [1.29, 1.82) is 0 Å². The summed E-state index contributed by atoms with van der Waals surface area (Å²) in [4.78, 5) is 12.3. The molecule has 3 atom stereocenters. The number of anilines is 2. The van der Waals surface area contributed by atoms with Crippen LogP contribution in [0.25, 0.3) is 0 Å². The molecule has 6 heteroatoms. The van der Waals surface area contributed by atoms with Crippen molar-refractivity contribution in [2.45, 2.75) is 32.1 Å². The summed E-state index contributed by atoms with van der Waals surface area (Å²) in [5.74, 6) is 2.00. The number of carbonyl (C=O) groups excluding carboxylic acids is 1. The quantitative estimate of drug-likeness (QED) is 0.875. The molecule has 1 aromatic carbocycles. The Morgan fingerprint density at radius 3 is 2.50 bits per heavy atom. The van der Waals surface area contributed by atoms with Crippen molar-refractivity contribution in [2.75, 3.05) is 16.3 Å². The van der Waals surface area contributed by atoms with Crippen molar-refractivity contribution in [3.63, 3.8) is 0 Å². The lowest BCUT2D eigenvalue weighted by Gasteiger charge is -2.21. The second-order valence-corrected chi connectivity index (χ2v) is 8.36. The Labute approximate surface area is 131 Å². The molecule has 0 radical (unpaired) electrons. The Morgan fingerprint density at radius 1 is 1.18 bits per heavy atom. The number of rotatable bonds is 5. The van der Waals surface area contributed by atoms with E-state index >= 15 is 0 Å². The molecule has 1 amide bonds. The van der Waals surface area contributed by atoms with Crippen molar-refractivity contribution in [1.82, 2.24) is 0 Å². The molecular weight excluding hydrogens is 300 g/mol. The molecule has 0 aliphatic heterocycles. The van der Waals surface area contributed by atoms with Crippen molar-refractivity contribution < 1.29 is 13.2 Å². The molecule has 5 nitrogen and oxygen atoms in total. The van der Waals surface area contributed by atoms with E-state index in [9.17, 15) is 13.2 Å². The highest BCUT2D eigenvalue weighted by molar-refractivity contribution is 7.92. The molecule has 2 aliphatic rings. The summed E-state index contributed by atoms with van der Waals surface area (Å²) in [5.41, 5.74) is 0.923. The van der Waals surface area contributed by atoms with Crippen LogP contribution in [0.4, 0.5) is 11.4 Å². The van der Waals surface area contributed by atoms with Gasteiger partial charge in [0.1, 0.15) is 0 Å². The Kier molecular flexibility index (Phi) is 4.12. The molecule has 120 valence electrons. The summed E-state index contributed by atoms with van der Waals surface area (Å²) in [6.07, 6.45) is 6.67. The van der Waals surface area contributed by atoms with E-state index in [2.05, 4.69) is 10.0 Å². The Morgan fingerprint density at radius 2 is 1.91 bits per heavy atom. The first-order valence-corrected chi connectivity index (χ1v) is 9.66. The van der Waals surface area contributed by atoms with Crippen molar-refractivity contribution in [2.24, 2.45) is 17.8 Å². The van der Waals surface area contributed by atoms with Gasteiger partial charge in [-0.1, -0.05) is 18.6 Å². The number of sulfonamides is 1. The average Bonchev–Trinajstić information content (AvgIpc) is 3.01. The van der Waals surface area contributed by atoms with Gasteiger partial charge in [0.2, 0.25) is 15.9 Å². The van der Waals surface area contributed by atoms with Crippen LogP contribution in [0, 0.1) is 17.8 Å². The molecule has 0 unspecified atom stereocenters. The number of fused-ring (bicyclic) bond motifs is 2. The summed E-state index contributed by atoms with van der Waals surface area (Å²) in [6, 6.07) is 6.88. The van der Waals surface area contributed by atoms with Crippen LogP contribution in [-0.4, -0.2) is 20.6 Å². The van der Waals surface area contributed by atoms with Crippen LogP contribution in [0.1, 0.15) is 32.1 Å². The largest absolute Gasteiger partial charge is 0.324 e. The van der Waals surface area contributed by atoms with Crippen LogP contribution in [0.15, 0.2) is 24.3 Å². The smallest absolute Gasteiger partial charge is 0.229 e. The maximum absolute atomic E-state index is 12.3. The molecule has 2 bridgehead atoms. The second-order valence-electron chi connectivity index (χ2n) is 6.61. The molecule has 0 heterocycles. The fourth-order valence-electron chi connectivity index (χ4n) is 3.95. The zero-order valence-electron chi connectivity index (χ0n) is 12.7. The highest BCUT2D eigenvalue weighted by Crippen LogP contribution is 2.49. The van der Waals surface area contributed by atoms with E-state index in [1.54, 1.807) is 24.3 Å². The zero-order chi connectivity index (χ0) is 15.7. The Hall–Kier alpha value is -1.56. The predicted octanol–water partition coefficient (Wildman–Crippen LogP) is 2.82. The number of amides is 1. The van der Waals surface area contributed by atoms with Crippen molar-refractivity contribution >= 4 is 27.3 Å². The second kappa shape index (κ2) is 5.91. The van der Waals surface area contributed by atoms with E-state index in [1.807, 2.05) is 0 Å². The predicted molar refractivity (Wildman–Crippen MR) is 87.1 cm³/mol. The lowest BCUT2D eigenvalue weighted by molar-refractivity contribution is -0.117. The molecule has 2 aliphatic carbocycles. The van der Waals surface area contributed by atoms with E-state index in [0.717, 1.165) is 12.2 Å². The highest BCUT2D eigenvalue weighted by atomic mass is 32.2. The van der Waals surface area contributed by atoms with Gasteiger partial charge in [-0.15, -0.1) is 0 Å². The van der Waals surface area contributed by atoms with Gasteiger partial charge >= 0.3 is 0 Å². The maximum Gasteiger partial charge on any atom is 0.229 e. The van der Waals surface area contributed by atoms with Crippen LogP contribution in [-0.2, 0) is 14.8 Å². The first-order chi connectivity index (χ1) is 10.4. The SMILES string of the molecule is CS(=O)(=O)Nc1ccccc1NC(=O)C[C@@H]1C[C@H]2CC[C@H]1C2. The fraction of sp³-hybridized carbons (Fsp3) is 0.562. The summed E-state index contributed by atoms with van der Waals surface area (Å²) < 4.78 is 25.2. The molecule has 2 fully saturated rings. The van der Waals surface area contributed by atoms with Gasteiger partial charge in [0.05, 0.1) is 17.6 Å². The van der Waals surface area contributed by atoms with Gasteiger partial charge in [0.15, 0.2) is 0 Å². The van der Waals surface area contributed by atoms with Crippen LogP contribution in [0.3, 0.4) is 0 Å². The number of carbonyl (C=O) groups is 1. The molecule has 1 aromatic rings. The third-order valence-electron chi connectivity index (χ3n) is 4.83. The highest BCUT2D eigenvalue weighted by Gasteiger charge is 2.40. The summed E-state index contributed by atoms with van der Waals surface area (Å²) >= 11 is 0. The molecule has 2 N–H and O–H groups in total. The molecule has 2 saturated carbocycles. The lowest BCUT2D eigenvalue weighted by Crippen LogP contribution is -2.21. The third-order valence-corrected chi connectivity index (χ3v) is 5.42. The lowest BCUT2D eigenvalue weighted by atomic mass is 9.86. The Bertz CT molecular complexity index is 672. The van der Waals surface area contributed by atoms with Crippen LogP contribution < -0.4 is 10.0 Å². The molecule has 3 rings (SSSR count). The minimum Gasteiger partial charge on any atom is -0.324 e. The monoisotopic (exact) mass is 322 g/mol. The number of hydrogen-bond acceptors (Lipinski definition) is 3. The normalized spacial score (nSPS) is 26.9. The maximum atomic E-state index is 12.3. The molecule has 0 saturated heterocycles. The van der Waals surface area contributed by atoms with Crippen LogP contribution in [0.5, 0.6) is 0 Å². The third kappa shape index (κ3) is 3.61. The first-order valence-electron chi connectivity index (χ1n) is 7.77. The number of nitrogens with one attached hydrogen (secondary N) is 2. The standard InChI is InChI=1S/C16H22N2O3S/c1-22(20,21)18-15-5-3-2-4-14(15)17-16(19)10-13-9-11-6-7-12(13)8-11/h2-5,11-13,18H,6-10H2,1H3,(H,17,19)/t11-,12-,13-/m0/s1. The summed E-state index contributed by atoms with van der Waals surface area (Å²) in [7, 11) is -3.37. The molecule has 0 aromatic heterocycles. The van der Waals surface area contributed by atoms with Crippen LogP contribution in [0.2, 0.25) is 0 Å². The van der Waals surface area contributed by atoms with Gasteiger partial charge < -0.3 is 5.32 Å². The topological polar surface area (TPSA) is 75.3 Å². The minimum atomic E-state index is -3.37. The van der Waals surface area contributed by atoms with E-state index in [1.165, 1.54) is 25.7 Å². The number of benzene rings is 1. The molecular formula is C16H22N2O3S. The van der Waals surface area contributed by atoms with Gasteiger partial charge in [-0.3, -0.25) is 9.52 Å². The van der Waals surface area contributed by atoms with Gasteiger partial charge in [-0.05, 0) is 49.1 Å². The average molecular weight is 322 g/mol. The molecule has 22 heavy (non-hydrogen) atoms. The van der Waals surface area contributed by atoms with E-state index in [4.69, 9.17) is 0 Å². The molecule has 0 spiro atoms. The van der Waals surface area contributed by atoms with Gasteiger partial charge in [0.25, 0.3) is 0 Å². The number of para-hydroxylation sites is 2. The van der Waals surface area contributed by atoms with Crippen LogP contribution >= 0.6 is 0 Å². The Balaban J connectivity index is 1.64. The van der Waals surface area contributed by atoms with E-state index in [-0.39, 0.29) is 5.91 Å². The fourth-order valence-corrected chi connectivity index (χ4v) is 4.52. The van der Waals surface area contributed by atoms with Crippen molar-refractivity contribution in [3.8, 4) is 0 Å².